The Morgan fingerprint density at radius 3 is 2.38 bits per heavy atom. The van der Waals surface area contributed by atoms with Crippen molar-refractivity contribution in [1.29, 1.82) is 0 Å². The van der Waals surface area contributed by atoms with Crippen LogP contribution in [-0.2, 0) is 9.47 Å². The van der Waals surface area contributed by atoms with E-state index in [2.05, 4.69) is 4.90 Å². The van der Waals surface area contributed by atoms with E-state index in [1.54, 1.807) is 0 Å². The van der Waals surface area contributed by atoms with Gasteiger partial charge in [-0.2, -0.15) is 0 Å². The maximum absolute atomic E-state index is 11.9. The number of β-amino-alcohol motifs (C(OH)–C–C–N with tert-alkyl or cyclic N) is 1. The summed E-state index contributed by atoms with van der Waals surface area (Å²) in [5.74, 6) is 0. The first kappa shape index (κ1) is 19.9. The van der Waals surface area contributed by atoms with E-state index in [0.717, 1.165) is 39.0 Å². The fourth-order valence-corrected chi connectivity index (χ4v) is 5.03. The Bertz CT molecular complexity index is 466. The van der Waals surface area contributed by atoms with Crippen LogP contribution in [0.3, 0.4) is 0 Å². The summed E-state index contributed by atoms with van der Waals surface area (Å²) in [6.07, 6.45) is 6.65. The Balaban J connectivity index is 1.46. The lowest BCUT2D eigenvalue weighted by atomic mass is 9.67. The van der Waals surface area contributed by atoms with E-state index in [0.29, 0.717) is 18.1 Å². The number of amides is 1. The van der Waals surface area contributed by atoms with Crippen LogP contribution in [0.25, 0.3) is 0 Å². The van der Waals surface area contributed by atoms with Gasteiger partial charge in [0.15, 0.2) is 0 Å². The molecule has 0 aromatic carbocycles. The summed E-state index contributed by atoms with van der Waals surface area (Å²) in [5, 5.41) is 10.3. The lowest BCUT2D eigenvalue weighted by Crippen LogP contribution is -2.47. The molecule has 0 radical (unpaired) electrons. The Hall–Kier alpha value is -0.850. The van der Waals surface area contributed by atoms with Crippen molar-refractivity contribution in [2.24, 2.45) is 5.41 Å². The van der Waals surface area contributed by atoms with Crippen molar-refractivity contribution in [3.8, 4) is 0 Å². The highest BCUT2D eigenvalue weighted by atomic mass is 16.6. The zero-order valence-electron chi connectivity index (χ0n) is 16.7. The highest BCUT2D eigenvalue weighted by Crippen LogP contribution is 2.46. The molecule has 3 aliphatic rings. The smallest absolute Gasteiger partial charge is 0.409 e. The molecule has 1 amide bonds. The first-order valence-electron chi connectivity index (χ1n) is 10.4. The Morgan fingerprint density at radius 2 is 1.81 bits per heavy atom. The zero-order valence-corrected chi connectivity index (χ0v) is 16.7. The van der Waals surface area contributed by atoms with Gasteiger partial charge in [0.25, 0.3) is 0 Å². The molecule has 1 aliphatic carbocycles. The van der Waals surface area contributed by atoms with Crippen LogP contribution < -0.4 is 0 Å². The maximum atomic E-state index is 11.9. The summed E-state index contributed by atoms with van der Waals surface area (Å²) in [4.78, 5) is 16.2. The average molecular weight is 369 g/mol. The lowest BCUT2D eigenvalue weighted by Gasteiger charge is -2.47. The Kier molecular flexibility index (Phi) is 6.46. The van der Waals surface area contributed by atoms with Crippen molar-refractivity contribution in [2.45, 2.75) is 83.6 Å². The summed E-state index contributed by atoms with van der Waals surface area (Å²) < 4.78 is 11.0. The summed E-state index contributed by atoms with van der Waals surface area (Å²) >= 11 is 0. The number of aliphatic hydroxyl groups is 1. The van der Waals surface area contributed by atoms with Crippen LogP contribution >= 0.6 is 0 Å². The molecule has 2 aliphatic heterocycles. The number of hydrogen-bond donors (Lipinski definition) is 1. The molecule has 0 aromatic rings. The topological polar surface area (TPSA) is 62.2 Å². The van der Waals surface area contributed by atoms with Crippen LogP contribution in [-0.4, -0.2) is 78.1 Å². The van der Waals surface area contributed by atoms with Crippen molar-refractivity contribution in [1.82, 2.24) is 9.80 Å². The quantitative estimate of drug-likeness (QED) is 0.826. The molecule has 0 bridgehead atoms. The van der Waals surface area contributed by atoms with Crippen molar-refractivity contribution in [3.63, 3.8) is 0 Å². The van der Waals surface area contributed by atoms with Crippen LogP contribution in [0, 0.1) is 5.41 Å². The third kappa shape index (κ3) is 4.52. The third-order valence-electron chi connectivity index (χ3n) is 6.59. The molecule has 3 rings (SSSR count). The first-order chi connectivity index (χ1) is 12.4. The molecule has 1 saturated carbocycles. The van der Waals surface area contributed by atoms with Gasteiger partial charge in [0.1, 0.15) is 0 Å². The number of likely N-dealkylation sites (tertiary alicyclic amines) is 2. The molecule has 1 N–H and O–H groups in total. The predicted molar refractivity (Wildman–Crippen MR) is 100 cm³/mol. The van der Waals surface area contributed by atoms with Crippen molar-refractivity contribution >= 4 is 6.09 Å². The van der Waals surface area contributed by atoms with Gasteiger partial charge in [-0.25, -0.2) is 4.79 Å². The standard InChI is InChI=1S/C20H36N2O4/c1-4-25-19(24)21-11-9-20(10-12-21)7-5-16(6-8-20)22-13-17(23)18(14-22)26-15(2)3/h15-18,23H,4-14H2,1-3H3/t17-,18-/m0/s1. The highest BCUT2D eigenvalue weighted by Gasteiger charge is 2.43. The van der Waals surface area contributed by atoms with Gasteiger partial charge < -0.3 is 19.5 Å². The number of carbonyl (C=O) groups is 1. The van der Waals surface area contributed by atoms with Crippen LogP contribution in [0.1, 0.15) is 59.3 Å². The summed E-state index contributed by atoms with van der Waals surface area (Å²) in [7, 11) is 0. The van der Waals surface area contributed by atoms with Gasteiger partial charge in [0.05, 0.1) is 24.9 Å². The largest absolute Gasteiger partial charge is 0.450 e. The van der Waals surface area contributed by atoms with Crippen molar-refractivity contribution in [3.05, 3.63) is 0 Å². The number of ether oxygens (including phenoxy) is 2. The van der Waals surface area contributed by atoms with Crippen molar-refractivity contribution in [2.75, 3.05) is 32.8 Å². The summed E-state index contributed by atoms with van der Waals surface area (Å²) in [5.41, 5.74) is 0.408. The second-order valence-corrected chi connectivity index (χ2v) is 8.66. The molecule has 3 fully saturated rings. The normalized spacial score (nSPS) is 30.3. The van der Waals surface area contributed by atoms with Crippen molar-refractivity contribution < 1.29 is 19.4 Å². The number of piperidine rings is 1. The van der Waals surface area contributed by atoms with Gasteiger partial charge in [-0.1, -0.05) is 0 Å². The number of nitrogens with zero attached hydrogens (tertiary/aromatic N) is 2. The molecule has 150 valence electrons. The van der Waals surface area contributed by atoms with E-state index in [9.17, 15) is 9.90 Å². The Labute approximate surface area is 157 Å². The molecule has 26 heavy (non-hydrogen) atoms. The Morgan fingerprint density at radius 1 is 1.15 bits per heavy atom. The second kappa shape index (κ2) is 8.44. The number of carbonyl (C=O) groups excluding carboxylic acids is 1. The minimum atomic E-state index is -0.360. The molecule has 2 heterocycles. The average Bonchev–Trinajstić information content (AvgIpc) is 2.96. The number of rotatable bonds is 4. The number of hydrogen-bond acceptors (Lipinski definition) is 5. The van der Waals surface area contributed by atoms with E-state index in [4.69, 9.17) is 9.47 Å². The third-order valence-corrected chi connectivity index (χ3v) is 6.59. The minimum Gasteiger partial charge on any atom is -0.450 e. The zero-order chi connectivity index (χ0) is 18.7. The molecular weight excluding hydrogens is 332 g/mol. The molecule has 6 heteroatoms. The molecule has 0 aromatic heterocycles. The van der Waals surface area contributed by atoms with Crippen LogP contribution in [0.4, 0.5) is 4.79 Å². The monoisotopic (exact) mass is 368 g/mol. The van der Waals surface area contributed by atoms with Crippen LogP contribution in [0.15, 0.2) is 0 Å². The molecule has 6 nitrogen and oxygen atoms in total. The lowest BCUT2D eigenvalue weighted by molar-refractivity contribution is -0.0402. The molecule has 1 spiro atoms. The van der Waals surface area contributed by atoms with E-state index < -0.39 is 0 Å². The second-order valence-electron chi connectivity index (χ2n) is 8.66. The van der Waals surface area contributed by atoms with Gasteiger partial charge >= 0.3 is 6.09 Å². The highest BCUT2D eigenvalue weighted by molar-refractivity contribution is 5.67. The van der Waals surface area contributed by atoms with Gasteiger partial charge in [-0.3, -0.25) is 4.90 Å². The summed E-state index contributed by atoms with van der Waals surface area (Å²) in [6, 6.07) is 0.569. The minimum absolute atomic E-state index is 0.0429. The van der Waals surface area contributed by atoms with Gasteiger partial charge in [-0.15, -0.1) is 0 Å². The van der Waals surface area contributed by atoms with E-state index >= 15 is 0 Å². The molecular formula is C20H36N2O4. The predicted octanol–water partition coefficient (Wildman–Crippen LogP) is 2.64. The SMILES string of the molecule is CCOC(=O)N1CCC2(CCC(N3C[C@H](OC(C)C)[C@@H](O)C3)CC2)CC1. The van der Waals surface area contributed by atoms with E-state index in [-0.39, 0.29) is 24.4 Å². The van der Waals surface area contributed by atoms with E-state index in [1.165, 1.54) is 25.7 Å². The fraction of sp³-hybridized carbons (Fsp3) is 0.950. The molecule has 2 atom stereocenters. The van der Waals surface area contributed by atoms with Gasteiger partial charge in [0, 0.05) is 32.2 Å². The molecule has 0 unspecified atom stereocenters. The fourth-order valence-electron chi connectivity index (χ4n) is 5.03. The maximum Gasteiger partial charge on any atom is 0.409 e. The van der Waals surface area contributed by atoms with Gasteiger partial charge in [0.2, 0.25) is 0 Å². The van der Waals surface area contributed by atoms with Crippen LogP contribution in [0.2, 0.25) is 0 Å². The summed E-state index contributed by atoms with van der Waals surface area (Å²) in [6.45, 7) is 9.62. The number of aliphatic hydroxyl groups excluding tert-OH is 1. The molecule has 2 saturated heterocycles. The first-order valence-corrected chi connectivity index (χ1v) is 10.4. The van der Waals surface area contributed by atoms with Crippen LogP contribution in [0.5, 0.6) is 0 Å². The van der Waals surface area contributed by atoms with E-state index in [1.807, 2.05) is 25.7 Å². The van der Waals surface area contributed by atoms with Gasteiger partial charge in [-0.05, 0) is 64.7 Å².